The second-order valence-electron chi connectivity index (χ2n) is 8.01. The standard InChI is InChI=1S/C22H28N2O2/c1-15-6-4-9-19(23-15)20(17-10-11-17)24-21(25)18-8-5-7-16(14-18)12-13-22(2,3)26/h4-9,14,17,20,26H,10-13H2,1-3H3,(H,24,25)/t20-/m0/s1. The van der Waals surface area contributed by atoms with Crippen molar-refractivity contribution in [3.05, 3.63) is 65.0 Å². The Morgan fingerprint density at radius 3 is 2.65 bits per heavy atom. The van der Waals surface area contributed by atoms with Crippen molar-refractivity contribution in [2.75, 3.05) is 0 Å². The first-order valence-corrected chi connectivity index (χ1v) is 9.37. The molecule has 1 fully saturated rings. The van der Waals surface area contributed by atoms with Crippen LogP contribution in [-0.2, 0) is 6.42 Å². The van der Waals surface area contributed by atoms with Crippen molar-refractivity contribution < 1.29 is 9.90 Å². The molecule has 138 valence electrons. The van der Waals surface area contributed by atoms with Crippen molar-refractivity contribution in [2.45, 2.75) is 58.1 Å². The van der Waals surface area contributed by atoms with Crippen molar-refractivity contribution in [1.29, 1.82) is 0 Å². The Morgan fingerprint density at radius 2 is 2.00 bits per heavy atom. The predicted octanol–water partition coefficient (Wildman–Crippen LogP) is 3.97. The number of amides is 1. The highest BCUT2D eigenvalue weighted by Crippen LogP contribution is 2.40. The van der Waals surface area contributed by atoms with Gasteiger partial charge in [-0.05, 0) is 82.2 Å². The third-order valence-corrected chi connectivity index (χ3v) is 4.82. The normalized spacial score (nSPS) is 15.5. The summed E-state index contributed by atoms with van der Waals surface area (Å²) >= 11 is 0. The van der Waals surface area contributed by atoms with Crippen LogP contribution in [0, 0.1) is 12.8 Å². The predicted molar refractivity (Wildman–Crippen MR) is 103 cm³/mol. The fraction of sp³-hybridized carbons (Fsp3) is 0.455. The molecule has 2 aromatic rings. The summed E-state index contributed by atoms with van der Waals surface area (Å²) in [4.78, 5) is 17.4. The van der Waals surface area contributed by atoms with E-state index in [0.29, 0.717) is 17.9 Å². The van der Waals surface area contributed by atoms with E-state index >= 15 is 0 Å². The smallest absolute Gasteiger partial charge is 0.251 e. The van der Waals surface area contributed by atoms with Crippen molar-refractivity contribution in [3.8, 4) is 0 Å². The fourth-order valence-electron chi connectivity index (χ4n) is 3.14. The molecule has 0 aliphatic heterocycles. The van der Waals surface area contributed by atoms with Crippen LogP contribution in [0.25, 0.3) is 0 Å². The van der Waals surface area contributed by atoms with Gasteiger partial charge >= 0.3 is 0 Å². The number of aromatic nitrogens is 1. The Morgan fingerprint density at radius 1 is 1.27 bits per heavy atom. The molecule has 0 unspecified atom stereocenters. The molecular weight excluding hydrogens is 324 g/mol. The highest BCUT2D eigenvalue weighted by Gasteiger charge is 2.34. The number of nitrogens with zero attached hydrogens (tertiary/aromatic N) is 1. The lowest BCUT2D eigenvalue weighted by Gasteiger charge is -2.19. The van der Waals surface area contributed by atoms with Gasteiger partial charge in [0.15, 0.2) is 0 Å². The van der Waals surface area contributed by atoms with Gasteiger partial charge in [-0.2, -0.15) is 0 Å². The van der Waals surface area contributed by atoms with E-state index in [1.165, 1.54) is 0 Å². The summed E-state index contributed by atoms with van der Waals surface area (Å²) in [5, 5.41) is 13.1. The molecule has 1 saturated carbocycles. The molecular formula is C22H28N2O2. The van der Waals surface area contributed by atoms with Gasteiger partial charge in [0, 0.05) is 11.3 Å². The number of aliphatic hydroxyl groups is 1. The average Bonchev–Trinajstić information content (AvgIpc) is 3.42. The van der Waals surface area contributed by atoms with Gasteiger partial charge in [-0.15, -0.1) is 0 Å². The van der Waals surface area contributed by atoms with E-state index in [9.17, 15) is 9.90 Å². The Kier molecular flexibility index (Phi) is 5.42. The lowest BCUT2D eigenvalue weighted by molar-refractivity contribution is 0.0714. The third kappa shape index (κ3) is 5.15. The summed E-state index contributed by atoms with van der Waals surface area (Å²) in [5.74, 6) is 0.418. The minimum absolute atomic E-state index is 0.0255. The molecule has 4 heteroatoms. The number of nitrogens with one attached hydrogen (secondary N) is 1. The molecule has 1 aliphatic carbocycles. The molecule has 1 heterocycles. The zero-order chi connectivity index (χ0) is 18.7. The van der Waals surface area contributed by atoms with Crippen LogP contribution < -0.4 is 5.32 Å². The lowest BCUT2D eigenvalue weighted by atomic mass is 9.97. The maximum atomic E-state index is 12.8. The van der Waals surface area contributed by atoms with Gasteiger partial charge in [-0.1, -0.05) is 18.2 Å². The van der Waals surface area contributed by atoms with Crippen molar-refractivity contribution in [3.63, 3.8) is 0 Å². The maximum absolute atomic E-state index is 12.8. The van der Waals surface area contributed by atoms with E-state index in [-0.39, 0.29) is 11.9 Å². The first-order valence-electron chi connectivity index (χ1n) is 9.37. The lowest BCUT2D eigenvalue weighted by Crippen LogP contribution is -2.30. The first-order chi connectivity index (χ1) is 12.3. The number of benzene rings is 1. The van der Waals surface area contributed by atoms with E-state index < -0.39 is 5.60 Å². The van der Waals surface area contributed by atoms with Crippen molar-refractivity contribution in [2.24, 2.45) is 5.92 Å². The van der Waals surface area contributed by atoms with E-state index in [1.807, 2.05) is 49.4 Å². The van der Waals surface area contributed by atoms with Crippen molar-refractivity contribution >= 4 is 5.91 Å². The third-order valence-electron chi connectivity index (χ3n) is 4.82. The molecule has 3 rings (SSSR count). The summed E-state index contributed by atoms with van der Waals surface area (Å²) in [6, 6.07) is 13.6. The van der Waals surface area contributed by atoms with Crippen LogP contribution in [0.1, 0.15) is 66.5 Å². The summed E-state index contributed by atoms with van der Waals surface area (Å²) in [6.45, 7) is 5.58. The zero-order valence-corrected chi connectivity index (χ0v) is 15.8. The van der Waals surface area contributed by atoms with Crippen LogP contribution in [0.3, 0.4) is 0 Å². The molecule has 1 atom stereocenters. The Bertz CT molecular complexity index is 776. The number of hydrogen-bond donors (Lipinski definition) is 2. The molecule has 1 aromatic heterocycles. The number of pyridine rings is 1. The summed E-state index contributed by atoms with van der Waals surface area (Å²) in [6.07, 6.45) is 3.67. The minimum Gasteiger partial charge on any atom is -0.390 e. The SMILES string of the molecule is Cc1cccc([C@@H](NC(=O)c2cccc(CCC(C)(C)O)c2)C2CC2)n1. The highest BCUT2D eigenvalue weighted by molar-refractivity contribution is 5.94. The fourth-order valence-corrected chi connectivity index (χ4v) is 3.14. The molecule has 2 N–H and O–H groups in total. The van der Waals surface area contributed by atoms with E-state index in [1.54, 1.807) is 13.8 Å². The van der Waals surface area contributed by atoms with Gasteiger partial charge in [0.1, 0.15) is 0 Å². The first kappa shape index (κ1) is 18.6. The van der Waals surface area contributed by atoms with Crippen LogP contribution in [0.15, 0.2) is 42.5 Å². The maximum Gasteiger partial charge on any atom is 0.251 e. The molecule has 0 bridgehead atoms. The number of carbonyl (C=O) groups excluding carboxylic acids is 1. The summed E-state index contributed by atoms with van der Waals surface area (Å²) in [7, 11) is 0. The Labute approximate surface area is 155 Å². The minimum atomic E-state index is -0.702. The number of aryl methyl sites for hydroxylation is 2. The molecule has 0 radical (unpaired) electrons. The number of rotatable bonds is 7. The van der Waals surface area contributed by atoms with Gasteiger partial charge in [0.25, 0.3) is 5.91 Å². The van der Waals surface area contributed by atoms with Crippen LogP contribution in [0.4, 0.5) is 0 Å². The molecule has 0 spiro atoms. The van der Waals surface area contributed by atoms with Gasteiger partial charge in [-0.25, -0.2) is 0 Å². The highest BCUT2D eigenvalue weighted by atomic mass is 16.3. The summed E-state index contributed by atoms with van der Waals surface area (Å²) < 4.78 is 0. The second kappa shape index (κ2) is 7.58. The van der Waals surface area contributed by atoms with Crippen LogP contribution >= 0.6 is 0 Å². The number of carbonyl (C=O) groups is 1. The van der Waals surface area contributed by atoms with Gasteiger partial charge in [-0.3, -0.25) is 9.78 Å². The molecule has 4 nitrogen and oxygen atoms in total. The Hall–Kier alpha value is -2.20. The molecule has 1 amide bonds. The quantitative estimate of drug-likeness (QED) is 0.792. The molecule has 1 aromatic carbocycles. The summed E-state index contributed by atoms with van der Waals surface area (Å²) in [5.41, 5.74) is 2.94. The van der Waals surface area contributed by atoms with Gasteiger partial charge < -0.3 is 10.4 Å². The zero-order valence-electron chi connectivity index (χ0n) is 15.8. The monoisotopic (exact) mass is 352 g/mol. The average molecular weight is 352 g/mol. The van der Waals surface area contributed by atoms with Gasteiger partial charge in [0.05, 0.1) is 17.3 Å². The van der Waals surface area contributed by atoms with Crippen LogP contribution in [-0.4, -0.2) is 21.6 Å². The van der Waals surface area contributed by atoms with Crippen LogP contribution in [0.5, 0.6) is 0 Å². The van der Waals surface area contributed by atoms with Crippen LogP contribution in [0.2, 0.25) is 0 Å². The largest absolute Gasteiger partial charge is 0.390 e. The topological polar surface area (TPSA) is 62.2 Å². The molecule has 26 heavy (non-hydrogen) atoms. The molecule has 0 saturated heterocycles. The number of hydrogen-bond acceptors (Lipinski definition) is 3. The Balaban J connectivity index is 1.72. The van der Waals surface area contributed by atoms with E-state index in [0.717, 1.165) is 36.2 Å². The van der Waals surface area contributed by atoms with Gasteiger partial charge in [0.2, 0.25) is 0 Å². The van der Waals surface area contributed by atoms with Crippen molar-refractivity contribution in [1.82, 2.24) is 10.3 Å². The molecule has 1 aliphatic rings. The van der Waals surface area contributed by atoms with E-state index in [4.69, 9.17) is 0 Å². The van der Waals surface area contributed by atoms with E-state index in [2.05, 4.69) is 10.3 Å². The second-order valence-corrected chi connectivity index (χ2v) is 8.01.